The molecule has 1 aliphatic rings. The Morgan fingerprint density at radius 3 is 2.78 bits per heavy atom. The molecule has 0 aromatic carbocycles. The lowest BCUT2D eigenvalue weighted by Gasteiger charge is -2.34. The van der Waals surface area contributed by atoms with E-state index in [9.17, 15) is 4.79 Å². The number of hydrogen-bond donors (Lipinski definition) is 0. The van der Waals surface area contributed by atoms with Crippen molar-refractivity contribution in [1.82, 2.24) is 35.2 Å². The third-order valence-electron chi connectivity index (χ3n) is 5.42. The van der Waals surface area contributed by atoms with Crippen molar-refractivity contribution in [3.05, 3.63) is 22.8 Å². The largest absolute Gasteiger partial charge is 0.383 e. The Bertz CT molecular complexity index is 781. The van der Waals surface area contributed by atoms with E-state index in [1.807, 2.05) is 32.8 Å². The zero-order valence-corrected chi connectivity index (χ0v) is 16.6. The van der Waals surface area contributed by atoms with Crippen LogP contribution in [0.5, 0.6) is 0 Å². The maximum atomic E-state index is 12.9. The molecule has 0 N–H and O–H groups in total. The average Bonchev–Trinajstić information content (AvgIpc) is 3.35. The summed E-state index contributed by atoms with van der Waals surface area (Å²) in [7, 11) is 5.64. The summed E-state index contributed by atoms with van der Waals surface area (Å²) in [5.74, 6) is 1.52. The van der Waals surface area contributed by atoms with Gasteiger partial charge in [-0.2, -0.15) is 0 Å². The third kappa shape index (κ3) is 3.59. The maximum Gasteiger partial charge on any atom is 0.227 e. The summed E-state index contributed by atoms with van der Waals surface area (Å²) >= 11 is 0. The first-order chi connectivity index (χ1) is 12.9. The lowest BCUT2D eigenvalue weighted by Crippen LogP contribution is -2.47. The Hall–Kier alpha value is -2.33. The first kappa shape index (κ1) is 19.4. The first-order valence-corrected chi connectivity index (χ1v) is 9.01. The van der Waals surface area contributed by atoms with E-state index in [4.69, 9.17) is 9.26 Å². The van der Waals surface area contributed by atoms with Gasteiger partial charge in [0.15, 0.2) is 5.82 Å². The molecule has 0 saturated carbocycles. The molecule has 0 bridgehead atoms. The third-order valence-corrected chi connectivity index (χ3v) is 5.42. The van der Waals surface area contributed by atoms with Crippen LogP contribution in [0.3, 0.4) is 0 Å². The molecule has 148 valence electrons. The van der Waals surface area contributed by atoms with Gasteiger partial charge in [-0.3, -0.25) is 9.69 Å². The molecule has 1 atom stereocenters. The highest BCUT2D eigenvalue weighted by Gasteiger charge is 2.47. The van der Waals surface area contributed by atoms with Gasteiger partial charge in [-0.25, -0.2) is 4.68 Å². The van der Waals surface area contributed by atoms with Crippen LogP contribution in [0.25, 0.3) is 0 Å². The number of tetrazole rings is 1. The van der Waals surface area contributed by atoms with Gasteiger partial charge in [0.2, 0.25) is 5.91 Å². The summed E-state index contributed by atoms with van der Waals surface area (Å²) in [5, 5.41) is 16.2. The molecule has 1 fully saturated rings. The maximum absolute atomic E-state index is 12.9. The number of likely N-dealkylation sites (N-methyl/N-ethyl adjacent to an activating group) is 1. The van der Waals surface area contributed by atoms with Crippen molar-refractivity contribution in [3.63, 3.8) is 0 Å². The van der Waals surface area contributed by atoms with Crippen LogP contribution < -0.4 is 0 Å². The predicted molar refractivity (Wildman–Crippen MR) is 95.9 cm³/mol. The fourth-order valence-electron chi connectivity index (χ4n) is 3.64. The minimum atomic E-state index is -0.425. The quantitative estimate of drug-likeness (QED) is 0.672. The van der Waals surface area contributed by atoms with Gasteiger partial charge < -0.3 is 14.2 Å². The zero-order chi connectivity index (χ0) is 19.6. The van der Waals surface area contributed by atoms with Crippen molar-refractivity contribution >= 4 is 5.91 Å². The molecule has 3 rings (SSSR count). The molecule has 0 spiro atoms. The number of aryl methyl sites for hydroxylation is 2. The van der Waals surface area contributed by atoms with Gasteiger partial charge >= 0.3 is 0 Å². The van der Waals surface area contributed by atoms with Gasteiger partial charge in [-0.1, -0.05) is 5.16 Å². The average molecular weight is 377 g/mol. The second-order valence-electron chi connectivity index (χ2n) is 7.19. The molecular weight excluding hydrogens is 350 g/mol. The highest BCUT2D eigenvalue weighted by Crippen LogP contribution is 2.35. The van der Waals surface area contributed by atoms with Crippen LogP contribution in [-0.4, -0.2) is 82.0 Å². The number of methoxy groups -OCH3 is 1. The zero-order valence-electron chi connectivity index (χ0n) is 16.6. The number of amides is 1. The van der Waals surface area contributed by atoms with E-state index in [2.05, 4.69) is 25.6 Å². The highest BCUT2D eigenvalue weighted by molar-refractivity contribution is 5.79. The van der Waals surface area contributed by atoms with Crippen LogP contribution >= 0.6 is 0 Å². The first-order valence-electron chi connectivity index (χ1n) is 9.01. The van der Waals surface area contributed by atoms with Crippen LogP contribution in [-0.2, 0) is 28.0 Å². The monoisotopic (exact) mass is 377 g/mol. The standard InChI is InChI=1S/C17H27N7O3/c1-12-14(13(2)27-19-12)10-15(25)23-7-6-17(11-23,22(3)4)16-18-20-21-24(16)8-9-26-5/h6-11H2,1-5H3. The summed E-state index contributed by atoms with van der Waals surface area (Å²) in [6.07, 6.45) is 1.06. The molecule has 0 aliphatic carbocycles. The summed E-state index contributed by atoms with van der Waals surface area (Å²) in [6, 6.07) is 0. The van der Waals surface area contributed by atoms with E-state index < -0.39 is 5.54 Å². The van der Waals surface area contributed by atoms with Crippen molar-refractivity contribution in [1.29, 1.82) is 0 Å². The second kappa shape index (κ2) is 7.73. The van der Waals surface area contributed by atoms with Gasteiger partial charge in [0, 0.05) is 25.8 Å². The highest BCUT2D eigenvalue weighted by atomic mass is 16.5. The van der Waals surface area contributed by atoms with Crippen molar-refractivity contribution in [3.8, 4) is 0 Å². The minimum Gasteiger partial charge on any atom is -0.383 e. The Kier molecular flexibility index (Phi) is 5.56. The van der Waals surface area contributed by atoms with E-state index >= 15 is 0 Å². The number of carbonyl (C=O) groups is 1. The molecule has 2 aromatic heterocycles. The molecular formula is C17H27N7O3. The fourth-order valence-corrected chi connectivity index (χ4v) is 3.64. The van der Waals surface area contributed by atoms with Gasteiger partial charge in [-0.15, -0.1) is 5.10 Å². The van der Waals surface area contributed by atoms with E-state index in [1.54, 1.807) is 11.8 Å². The van der Waals surface area contributed by atoms with Gasteiger partial charge in [-0.05, 0) is 44.8 Å². The van der Waals surface area contributed by atoms with Crippen LogP contribution in [0, 0.1) is 13.8 Å². The number of nitrogens with zero attached hydrogens (tertiary/aromatic N) is 7. The number of carbonyl (C=O) groups excluding carboxylic acids is 1. The van der Waals surface area contributed by atoms with Crippen LogP contribution in [0.4, 0.5) is 0 Å². The topological polar surface area (TPSA) is 102 Å². The summed E-state index contributed by atoms with van der Waals surface area (Å²) in [4.78, 5) is 16.9. The lowest BCUT2D eigenvalue weighted by molar-refractivity contribution is -0.130. The van der Waals surface area contributed by atoms with Gasteiger partial charge in [0.05, 0.1) is 25.3 Å². The molecule has 10 nitrogen and oxygen atoms in total. The van der Waals surface area contributed by atoms with E-state index in [1.165, 1.54) is 0 Å². The normalized spacial score (nSPS) is 20.0. The summed E-state index contributed by atoms with van der Waals surface area (Å²) < 4.78 is 12.1. The Morgan fingerprint density at radius 1 is 1.37 bits per heavy atom. The lowest BCUT2D eigenvalue weighted by atomic mass is 9.96. The summed E-state index contributed by atoms with van der Waals surface area (Å²) in [5.41, 5.74) is 1.21. The smallest absolute Gasteiger partial charge is 0.227 e. The Labute approximate surface area is 158 Å². The fraction of sp³-hybridized carbons (Fsp3) is 0.706. The predicted octanol–water partition coefficient (Wildman–Crippen LogP) is 0.156. The number of ether oxygens (including phenoxy) is 1. The van der Waals surface area contributed by atoms with Gasteiger partial charge in [0.1, 0.15) is 11.3 Å². The summed E-state index contributed by atoms with van der Waals surface area (Å²) in [6.45, 7) is 5.97. The van der Waals surface area contributed by atoms with E-state index in [0.717, 1.165) is 23.5 Å². The number of aromatic nitrogens is 5. The SMILES string of the molecule is COCCn1nnnc1C1(N(C)C)CCN(C(=O)Cc2c(C)noc2C)C1. The number of likely N-dealkylation sites (tertiary alicyclic amines) is 1. The molecule has 2 aromatic rings. The van der Waals surface area contributed by atoms with Crippen molar-refractivity contribution in [2.45, 2.75) is 38.8 Å². The van der Waals surface area contributed by atoms with Gasteiger partial charge in [0.25, 0.3) is 0 Å². The number of rotatable bonds is 7. The molecule has 0 radical (unpaired) electrons. The van der Waals surface area contributed by atoms with Crippen molar-refractivity contribution in [2.75, 3.05) is 40.9 Å². The Balaban J connectivity index is 1.80. The van der Waals surface area contributed by atoms with E-state index in [-0.39, 0.29) is 5.91 Å². The van der Waals surface area contributed by atoms with Crippen molar-refractivity contribution < 1.29 is 14.1 Å². The van der Waals surface area contributed by atoms with E-state index in [0.29, 0.717) is 38.4 Å². The second-order valence-corrected chi connectivity index (χ2v) is 7.19. The molecule has 27 heavy (non-hydrogen) atoms. The van der Waals surface area contributed by atoms with Crippen molar-refractivity contribution in [2.24, 2.45) is 0 Å². The molecule has 10 heteroatoms. The van der Waals surface area contributed by atoms with Crippen LogP contribution in [0.1, 0.15) is 29.3 Å². The number of hydrogen-bond acceptors (Lipinski definition) is 8. The molecule has 3 heterocycles. The molecule has 1 amide bonds. The minimum absolute atomic E-state index is 0.0593. The van der Waals surface area contributed by atoms with Crippen LogP contribution in [0.15, 0.2) is 4.52 Å². The van der Waals surface area contributed by atoms with Crippen LogP contribution in [0.2, 0.25) is 0 Å². The molecule has 1 saturated heterocycles. The molecule has 1 unspecified atom stereocenters. The molecule has 1 aliphatic heterocycles. The Morgan fingerprint density at radius 2 is 2.15 bits per heavy atom.